The van der Waals surface area contributed by atoms with E-state index in [1.807, 2.05) is 0 Å². The fraction of sp³-hybridized carbons (Fsp3) is 1.00. The normalized spacial score (nSPS) is 10.3. The fourth-order valence-electron chi connectivity index (χ4n) is 0. The number of hydrogen-bond acceptors (Lipinski definition) is 0. The average Bonchev–Trinajstić information content (AvgIpc) is 1.35. The molecule has 0 fully saturated rings. The molecule has 0 aromatic rings. The highest BCUT2D eigenvalue weighted by Gasteiger charge is 1.97. The standard InChI is InChI=1S/C5H14N.H2O/c1-5-6(2,3)4;/h5H2,1-4H3;1H2/q+1;. The monoisotopic (exact) mass is 106 g/mol. The summed E-state index contributed by atoms with van der Waals surface area (Å²) >= 11 is 0. The van der Waals surface area contributed by atoms with Crippen molar-refractivity contribution in [1.29, 1.82) is 0 Å². The first-order valence-corrected chi connectivity index (χ1v) is 2.36. The first-order valence-electron chi connectivity index (χ1n) is 2.36. The van der Waals surface area contributed by atoms with Crippen molar-refractivity contribution in [2.24, 2.45) is 0 Å². The maximum absolute atomic E-state index is 2.18. The van der Waals surface area contributed by atoms with Crippen LogP contribution in [0, 0.1) is 0 Å². The van der Waals surface area contributed by atoms with Gasteiger partial charge < -0.3 is 9.96 Å². The zero-order chi connectivity index (χ0) is 5.21. The summed E-state index contributed by atoms with van der Waals surface area (Å²) in [6, 6.07) is 0. The van der Waals surface area contributed by atoms with E-state index in [1.165, 1.54) is 6.54 Å². The third-order valence-electron chi connectivity index (χ3n) is 0.949. The predicted molar refractivity (Wildman–Crippen MR) is 32.2 cm³/mol. The lowest BCUT2D eigenvalue weighted by atomic mass is 10.6. The molecule has 0 bridgehead atoms. The average molecular weight is 106 g/mol. The van der Waals surface area contributed by atoms with E-state index in [1.54, 1.807) is 0 Å². The molecule has 0 aromatic heterocycles. The summed E-state index contributed by atoms with van der Waals surface area (Å²) < 4.78 is 1.07. The van der Waals surface area contributed by atoms with Gasteiger partial charge in [-0.05, 0) is 6.92 Å². The molecule has 0 rings (SSSR count). The molecule has 0 spiro atoms. The Morgan fingerprint density at radius 2 is 1.29 bits per heavy atom. The second-order valence-corrected chi connectivity index (χ2v) is 2.61. The van der Waals surface area contributed by atoms with E-state index in [0.29, 0.717) is 0 Å². The van der Waals surface area contributed by atoms with Crippen LogP contribution in [0.1, 0.15) is 6.92 Å². The van der Waals surface area contributed by atoms with Crippen LogP contribution in [0.2, 0.25) is 0 Å². The van der Waals surface area contributed by atoms with E-state index in [4.69, 9.17) is 0 Å². The van der Waals surface area contributed by atoms with Gasteiger partial charge in [0.2, 0.25) is 0 Å². The van der Waals surface area contributed by atoms with Crippen LogP contribution in [0.5, 0.6) is 0 Å². The Hall–Kier alpha value is -0.0800. The van der Waals surface area contributed by atoms with Crippen LogP contribution < -0.4 is 0 Å². The SMILES string of the molecule is CC[N+](C)(C)C.O. The fourth-order valence-corrected chi connectivity index (χ4v) is 0. The largest absolute Gasteiger partial charge is 0.412 e. The van der Waals surface area contributed by atoms with Gasteiger partial charge in [0.05, 0.1) is 27.7 Å². The Morgan fingerprint density at radius 3 is 1.29 bits per heavy atom. The van der Waals surface area contributed by atoms with E-state index in [0.717, 1.165) is 4.48 Å². The molecule has 2 nitrogen and oxygen atoms in total. The van der Waals surface area contributed by atoms with Crippen molar-refractivity contribution in [1.82, 2.24) is 0 Å². The second kappa shape index (κ2) is 2.99. The molecule has 0 saturated carbocycles. The van der Waals surface area contributed by atoms with Gasteiger partial charge in [-0.2, -0.15) is 0 Å². The van der Waals surface area contributed by atoms with E-state index < -0.39 is 0 Å². The molecule has 0 heterocycles. The molecule has 0 aliphatic heterocycles. The van der Waals surface area contributed by atoms with Crippen molar-refractivity contribution in [3.8, 4) is 0 Å². The van der Waals surface area contributed by atoms with Gasteiger partial charge in [0.25, 0.3) is 0 Å². The number of rotatable bonds is 1. The molecule has 0 aromatic carbocycles. The van der Waals surface area contributed by atoms with Crippen molar-refractivity contribution in [2.75, 3.05) is 27.7 Å². The first-order chi connectivity index (χ1) is 2.56. The molecule has 0 amide bonds. The summed E-state index contributed by atoms with van der Waals surface area (Å²) in [4.78, 5) is 0. The molecule has 0 aliphatic carbocycles. The van der Waals surface area contributed by atoms with Crippen LogP contribution in [0.4, 0.5) is 0 Å². The van der Waals surface area contributed by atoms with Crippen molar-refractivity contribution in [3.63, 3.8) is 0 Å². The highest BCUT2D eigenvalue weighted by atomic mass is 16.0. The first kappa shape index (κ1) is 10.0. The van der Waals surface area contributed by atoms with Crippen LogP contribution in [0.3, 0.4) is 0 Å². The summed E-state index contributed by atoms with van der Waals surface area (Å²) in [5, 5.41) is 0. The number of hydrogen-bond donors (Lipinski definition) is 0. The summed E-state index contributed by atoms with van der Waals surface area (Å²) in [5.74, 6) is 0. The lowest BCUT2D eigenvalue weighted by Gasteiger charge is -2.20. The van der Waals surface area contributed by atoms with Crippen LogP contribution >= 0.6 is 0 Å². The third kappa shape index (κ3) is 10.7. The van der Waals surface area contributed by atoms with Gasteiger partial charge in [-0.1, -0.05) is 0 Å². The van der Waals surface area contributed by atoms with Gasteiger partial charge in [0, 0.05) is 0 Å². The Balaban J connectivity index is 0. The molecular formula is C5H16NO+. The second-order valence-electron chi connectivity index (χ2n) is 2.61. The molecule has 2 N–H and O–H groups in total. The maximum atomic E-state index is 2.18. The maximum Gasteiger partial charge on any atom is 0.0751 e. The predicted octanol–water partition coefficient (Wildman–Crippen LogP) is -0.112. The van der Waals surface area contributed by atoms with Crippen LogP contribution in [0.25, 0.3) is 0 Å². The minimum atomic E-state index is 0. The molecular weight excluding hydrogens is 90.1 g/mol. The summed E-state index contributed by atoms with van der Waals surface area (Å²) in [6.07, 6.45) is 0. The van der Waals surface area contributed by atoms with Gasteiger partial charge in [0.15, 0.2) is 0 Å². The van der Waals surface area contributed by atoms with E-state index in [2.05, 4.69) is 28.1 Å². The van der Waals surface area contributed by atoms with Gasteiger partial charge in [-0.3, -0.25) is 0 Å². The molecule has 0 atom stereocenters. The topological polar surface area (TPSA) is 31.5 Å². The van der Waals surface area contributed by atoms with Gasteiger partial charge >= 0.3 is 0 Å². The van der Waals surface area contributed by atoms with Crippen molar-refractivity contribution in [2.45, 2.75) is 6.92 Å². The molecule has 0 saturated heterocycles. The zero-order valence-corrected chi connectivity index (χ0v) is 5.65. The lowest BCUT2D eigenvalue weighted by molar-refractivity contribution is -0.868. The van der Waals surface area contributed by atoms with Crippen molar-refractivity contribution in [3.05, 3.63) is 0 Å². The summed E-state index contributed by atoms with van der Waals surface area (Å²) in [7, 11) is 6.54. The summed E-state index contributed by atoms with van der Waals surface area (Å²) in [5.41, 5.74) is 0. The molecule has 0 aliphatic rings. The van der Waals surface area contributed by atoms with Crippen molar-refractivity contribution < 1.29 is 9.96 Å². The highest BCUT2D eigenvalue weighted by molar-refractivity contribution is 4.06. The minimum absolute atomic E-state index is 0. The Bertz CT molecular complexity index is 37.8. The molecule has 7 heavy (non-hydrogen) atoms. The highest BCUT2D eigenvalue weighted by Crippen LogP contribution is 1.83. The van der Waals surface area contributed by atoms with Gasteiger partial charge in [-0.15, -0.1) is 0 Å². The van der Waals surface area contributed by atoms with Gasteiger partial charge in [-0.25, -0.2) is 0 Å². The lowest BCUT2D eigenvalue weighted by Crippen LogP contribution is -2.33. The molecule has 0 radical (unpaired) electrons. The van der Waals surface area contributed by atoms with Gasteiger partial charge in [0.1, 0.15) is 0 Å². The van der Waals surface area contributed by atoms with Crippen LogP contribution in [0.15, 0.2) is 0 Å². The Labute approximate surface area is 45.6 Å². The Morgan fingerprint density at radius 1 is 1.14 bits per heavy atom. The van der Waals surface area contributed by atoms with E-state index >= 15 is 0 Å². The molecule has 46 valence electrons. The van der Waals surface area contributed by atoms with Crippen LogP contribution in [-0.2, 0) is 0 Å². The van der Waals surface area contributed by atoms with E-state index in [9.17, 15) is 0 Å². The number of nitrogens with zero attached hydrogens (tertiary/aromatic N) is 1. The van der Waals surface area contributed by atoms with E-state index in [-0.39, 0.29) is 5.48 Å². The number of quaternary nitrogens is 1. The summed E-state index contributed by atoms with van der Waals surface area (Å²) in [6.45, 7) is 3.39. The molecule has 0 unspecified atom stereocenters. The van der Waals surface area contributed by atoms with Crippen molar-refractivity contribution >= 4 is 0 Å². The Kier molecular flexibility index (Phi) is 4.28. The zero-order valence-electron chi connectivity index (χ0n) is 5.65. The smallest absolute Gasteiger partial charge is 0.0751 e. The van der Waals surface area contributed by atoms with Crippen LogP contribution in [-0.4, -0.2) is 37.6 Å². The molecule has 2 heteroatoms. The third-order valence-corrected chi connectivity index (χ3v) is 0.949. The minimum Gasteiger partial charge on any atom is -0.412 e. The quantitative estimate of drug-likeness (QED) is 0.418.